The summed E-state index contributed by atoms with van der Waals surface area (Å²) < 4.78 is 0. The third-order valence-electron chi connectivity index (χ3n) is 5.07. The van der Waals surface area contributed by atoms with E-state index in [4.69, 9.17) is 23.2 Å². The Morgan fingerprint density at radius 3 is 2.54 bits per heavy atom. The first-order valence-corrected chi connectivity index (χ1v) is 9.72. The fraction of sp³-hybridized carbons (Fsp3) is 0.273. The summed E-state index contributed by atoms with van der Waals surface area (Å²) >= 11 is 12.6. The van der Waals surface area contributed by atoms with Gasteiger partial charge < -0.3 is 4.90 Å². The van der Waals surface area contributed by atoms with Gasteiger partial charge in [0.05, 0.1) is 27.4 Å². The van der Waals surface area contributed by atoms with Gasteiger partial charge in [0, 0.05) is 23.9 Å². The third kappa shape index (κ3) is 3.94. The molecule has 0 bridgehead atoms. The third-order valence-corrected chi connectivity index (χ3v) is 5.71. The Hall–Kier alpha value is -2.30. The maximum Gasteiger partial charge on any atom is 0.272 e. The number of fused-ring (bicyclic) bond motifs is 1. The number of likely N-dealkylation sites (N-methyl/N-ethyl adjacent to an activating group) is 1. The van der Waals surface area contributed by atoms with E-state index in [9.17, 15) is 4.79 Å². The van der Waals surface area contributed by atoms with Crippen molar-refractivity contribution in [1.82, 2.24) is 5.43 Å². The van der Waals surface area contributed by atoms with Gasteiger partial charge in [-0.2, -0.15) is 5.10 Å². The highest BCUT2D eigenvalue weighted by atomic mass is 35.5. The topological polar surface area (TPSA) is 44.7 Å². The number of hydrogen-bond donors (Lipinski definition) is 1. The molecule has 0 aromatic heterocycles. The number of carbonyl (C=O) groups excluding carboxylic acids is 1. The summed E-state index contributed by atoms with van der Waals surface area (Å²) in [7, 11) is 2.05. The summed E-state index contributed by atoms with van der Waals surface area (Å²) in [5.41, 5.74) is 7.87. The Morgan fingerprint density at radius 2 is 1.86 bits per heavy atom. The summed E-state index contributed by atoms with van der Waals surface area (Å²) in [5, 5.41) is 5.03. The quantitative estimate of drug-likeness (QED) is 0.516. The van der Waals surface area contributed by atoms with Crippen LogP contribution in [0.15, 0.2) is 41.5 Å². The van der Waals surface area contributed by atoms with Crippen LogP contribution in [-0.4, -0.2) is 24.7 Å². The largest absolute Gasteiger partial charge is 0.365 e. The first-order valence-electron chi connectivity index (χ1n) is 8.97. The molecule has 0 spiro atoms. The molecule has 4 nitrogen and oxygen atoms in total. The molecular weight excluding hydrogens is 393 g/mol. The number of benzene rings is 2. The molecule has 0 fully saturated rings. The van der Waals surface area contributed by atoms with E-state index in [0.29, 0.717) is 15.6 Å². The second-order valence-electron chi connectivity index (χ2n) is 7.61. The smallest absolute Gasteiger partial charge is 0.272 e. The number of allylic oxidation sites excluding steroid dienone is 1. The number of aryl methyl sites for hydroxylation is 1. The van der Waals surface area contributed by atoms with Crippen molar-refractivity contribution < 1.29 is 4.79 Å². The molecular formula is C22H23Cl2N3O. The molecule has 0 radical (unpaired) electrons. The van der Waals surface area contributed by atoms with Gasteiger partial charge in [-0.3, -0.25) is 4.79 Å². The lowest BCUT2D eigenvalue weighted by Crippen LogP contribution is -2.42. The van der Waals surface area contributed by atoms with E-state index in [-0.39, 0.29) is 11.4 Å². The maximum atomic E-state index is 12.3. The van der Waals surface area contributed by atoms with E-state index in [1.165, 1.54) is 5.57 Å². The van der Waals surface area contributed by atoms with Gasteiger partial charge >= 0.3 is 0 Å². The van der Waals surface area contributed by atoms with Crippen LogP contribution in [0.5, 0.6) is 0 Å². The first kappa shape index (κ1) is 20.4. The van der Waals surface area contributed by atoms with Gasteiger partial charge in [-0.05, 0) is 63.1 Å². The summed E-state index contributed by atoms with van der Waals surface area (Å²) in [6.45, 7) is 8.32. The molecule has 1 heterocycles. The van der Waals surface area contributed by atoms with Gasteiger partial charge in [0.25, 0.3) is 5.91 Å². The molecule has 146 valence electrons. The predicted molar refractivity (Wildman–Crippen MR) is 119 cm³/mol. The Bertz CT molecular complexity index is 1010. The molecule has 0 unspecified atom stereocenters. The fourth-order valence-corrected chi connectivity index (χ4v) is 3.84. The number of hydrazone groups is 1. The van der Waals surface area contributed by atoms with Crippen LogP contribution in [0.3, 0.4) is 0 Å². The molecule has 3 rings (SSSR count). The number of nitrogens with one attached hydrogen (secondary N) is 1. The van der Waals surface area contributed by atoms with Crippen molar-refractivity contribution in [3.05, 3.63) is 68.7 Å². The molecule has 1 N–H and O–H groups in total. The van der Waals surface area contributed by atoms with E-state index in [0.717, 1.165) is 22.4 Å². The van der Waals surface area contributed by atoms with Crippen molar-refractivity contribution in [1.29, 1.82) is 0 Å². The lowest BCUT2D eigenvalue weighted by atomic mass is 9.88. The number of carbonyl (C=O) groups is 1. The lowest BCUT2D eigenvalue weighted by molar-refractivity contribution is 0.0955. The van der Waals surface area contributed by atoms with Gasteiger partial charge in [0.1, 0.15) is 0 Å². The van der Waals surface area contributed by atoms with E-state index < -0.39 is 0 Å². The Labute approximate surface area is 175 Å². The van der Waals surface area contributed by atoms with Crippen molar-refractivity contribution >= 4 is 46.6 Å². The highest BCUT2D eigenvalue weighted by Gasteiger charge is 2.29. The predicted octanol–water partition coefficient (Wildman–Crippen LogP) is 5.70. The van der Waals surface area contributed by atoms with Crippen molar-refractivity contribution in [2.45, 2.75) is 33.2 Å². The zero-order chi connectivity index (χ0) is 20.6. The number of halogens is 2. The van der Waals surface area contributed by atoms with E-state index >= 15 is 0 Å². The zero-order valence-electron chi connectivity index (χ0n) is 16.6. The van der Waals surface area contributed by atoms with E-state index in [1.807, 2.05) is 25.1 Å². The number of anilines is 1. The number of amides is 1. The molecule has 2 aromatic carbocycles. The second kappa shape index (κ2) is 7.61. The average molecular weight is 416 g/mol. The fourth-order valence-electron chi connectivity index (χ4n) is 3.31. The van der Waals surface area contributed by atoms with Gasteiger partial charge in [0.2, 0.25) is 0 Å². The highest BCUT2D eigenvalue weighted by Crippen LogP contribution is 2.40. The molecule has 1 amide bonds. The van der Waals surface area contributed by atoms with Crippen LogP contribution >= 0.6 is 23.2 Å². The molecule has 1 aliphatic rings. The Balaban J connectivity index is 1.84. The second-order valence-corrected chi connectivity index (χ2v) is 8.43. The number of rotatable bonds is 3. The van der Waals surface area contributed by atoms with Gasteiger partial charge in [-0.25, -0.2) is 5.43 Å². The summed E-state index contributed by atoms with van der Waals surface area (Å²) in [6, 6.07) is 9.19. The highest BCUT2D eigenvalue weighted by molar-refractivity contribution is 6.34. The lowest BCUT2D eigenvalue weighted by Gasteiger charge is -2.40. The van der Waals surface area contributed by atoms with Gasteiger partial charge in [-0.1, -0.05) is 35.3 Å². The Kier molecular flexibility index (Phi) is 5.55. The van der Waals surface area contributed by atoms with Gasteiger partial charge in [0.15, 0.2) is 0 Å². The van der Waals surface area contributed by atoms with Crippen LogP contribution < -0.4 is 10.3 Å². The Morgan fingerprint density at radius 1 is 1.14 bits per heavy atom. The molecule has 28 heavy (non-hydrogen) atoms. The minimum Gasteiger partial charge on any atom is -0.365 e. The van der Waals surface area contributed by atoms with Crippen LogP contribution in [-0.2, 0) is 0 Å². The zero-order valence-corrected chi connectivity index (χ0v) is 18.1. The van der Waals surface area contributed by atoms with E-state index in [2.05, 4.69) is 49.3 Å². The number of hydrogen-bond acceptors (Lipinski definition) is 3. The maximum absolute atomic E-state index is 12.3. The molecule has 6 heteroatoms. The monoisotopic (exact) mass is 415 g/mol. The minimum absolute atomic E-state index is 0.0860. The average Bonchev–Trinajstić information content (AvgIpc) is 2.60. The number of nitrogens with zero attached hydrogens (tertiary/aromatic N) is 2. The van der Waals surface area contributed by atoms with Crippen molar-refractivity contribution in [3.63, 3.8) is 0 Å². The summed E-state index contributed by atoms with van der Waals surface area (Å²) in [6.07, 6.45) is 3.78. The first-order chi connectivity index (χ1) is 13.1. The van der Waals surface area contributed by atoms with Crippen LogP contribution in [0.2, 0.25) is 10.0 Å². The van der Waals surface area contributed by atoms with Crippen molar-refractivity contribution in [2.75, 3.05) is 11.9 Å². The van der Waals surface area contributed by atoms with Crippen LogP contribution in [0.1, 0.15) is 47.8 Å². The molecule has 0 aliphatic carbocycles. The van der Waals surface area contributed by atoms with Crippen LogP contribution in [0.4, 0.5) is 5.69 Å². The SMILES string of the molecule is CC1=CC(C)(C)N(C)c2cc(Cl)c(/C=N\NC(=O)c3ccc(C)cc3Cl)cc21. The van der Waals surface area contributed by atoms with Crippen molar-refractivity contribution in [3.8, 4) is 0 Å². The molecule has 2 aromatic rings. The van der Waals surface area contributed by atoms with Crippen LogP contribution in [0, 0.1) is 6.92 Å². The summed E-state index contributed by atoms with van der Waals surface area (Å²) in [4.78, 5) is 14.5. The van der Waals surface area contributed by atoms with Gasteiger partial charge in [-0.15, -0.1) is 0 Å². The molecule has 1 aliphatic heterocycles. The standard InChI is InChI=1S/C22H23Cl2N3O/c1-13-6-7-16(19(24)8-13)21(28)26-25-12-15-9-17-14(2)11-22(3,4)27(5)20(17)10-18(15)23/h6-12H,1-5H3,(H,26,28)/b25-12-. The normalized spacial score (nSPS) is 15.4. The summed E-state index contributed by atoms with van der Waals surface area (Å²) in [5.74, 6) is -0.368. The molecule has 0 atom stereocenters. The van der Waals surface area contributed by atoms with E-state index in [1.54, 1.807) is 18.3 Å². The minimum atomic E-state index is -0.368. The van der Waals surface area contributed by atoms with Crippen LogP contribution in [0.25, 0.3) is 5.57 Å². The molecule has 0 saturated heterocycles. The van der Waals surface area contributed by atoms with Crippen molar-refractivity contribution in [2.24, 2.45) is 5.10 Å². The molecule has 0 saturated carbocycles.